The molecule has 0 unspecified atom stereocenters. The van der Waals surface area contributed by atoms with E-state index in [2.05, 4.69) is 6.92 Å². The smallest absolute Gasteiger partial charge is 0.216 e. The Morgan fingerprint density at radius 1 is 1.64 bits per heavy atom. The molecule has 0 saturated carbocycles. The van der Waals surface area contributed by atoms with Gasteiger partial charge in [-0.1, -0.05) is 43.7 Å². The normalized spacial score (nSPS) is 27.3. The van der Waals surface area contributed by atoms with E-state index in [9.17, 15) is 9.90 Å². The Kier molecular flexibility index (Phi) is 3.81. The van der Waals surface area contributed by atoms with Gasteiger partial charge < -0.3 is 5.11 Å². The summed E-state index contributed by atoms with van der Waals surface area (Å²) >= 11 is 1.17. The predicted octanol–water partition coefficient (Wildman–Crippen LogP) is 3.21. The van der Waals surface area contributed by atoms with Crippen LogP contribution in [0, 0.1) is 0 Å². The lowest BCUT2D eigenvalue weighted by atomic mass is 10.1. The van der Waals surface area contributed by atoms with Gasteiger partial charge in [-0.2, -0.15) is 0 Å². The van der Waals surface area contributed by atoms with E-state index in [-0.39, 0.29) is 10.9 Å². The molecule has 1 N–H and O–H groups in total. The van der Waals surface area contributed by atoms with Crippen LogP contribution in [-0.2, 0) is 4.79 Å². The quantitative estimate of drug-likeness (QED) is 0.574. The second-order valence-electron chi connectivity index (χ2n) is 3.60. The van der Waals surface area contributed by atoms with Crippen LogP contribution in [-0.4, -0.2) is 15.0 Å². The van der Waals surface area contributed by atoms with Gasteiger partial charge in [0.05, 0.1) is 4.75 Å². The number of rotatable bonds is 4. The SMILES string of the molecule is CCCC/C=C/[C@@]1(C)SC(=O)C=C1O. The molecule has 78 valence electrons. The lowest BCUT2D eigenvalue weighted by molar-refractivity contribution is -0.106. The van der Waals surface area contributed by atoms with Crippen LogP contribution in [0.1, 0.15) is 33.1 Å². The van der Waals surface area contributed by atoms with Crippen LogP contribution >= 0.6 is 11.8 Å². The summed E-state index contributed by atoms with van der Waals surface area (Å²) in [6, 6.07) is 0. The molecule has 0 aromatic carbocycles. The molecule has 3 heteroatoms. The Labute approximate surface area is 89.1 Å². The number of unbranched alkanes of at least 4 members (excludes halogenated alkanes) is 2. The first-order chi connectivity index (χ1) is 6.58. The molecular weight excluding hydrogens is 196 g/mol. The van der Waals surface area contributed by atoms with Crippen molar-refractivity contribution in [2.24, 2.45) is 0 Å². The molecule has 2 nitrogen and oxygen atoms in total. The fourth-order valence-electron chi connectivity index (χ4n) is 1.30. The Morgan fingerprint density at radius 2 is 2.36 bits per heavy atom. The Morgan fingerprint density at radius 3 is 2.86 bits per heavy atom. The van der Waals surface area contributed by atoms with Crippen molar-refractivity contribution < 1.29 is 9.90 Å². The minimum atomic E-state index is -0.523. The summed E-state index contributed by atoms with van der Waals surface area (Å²) in [6.45, 7) is 4.00. The third-order valence-electron chi connectivity index (χ3n) is 2.24. The van der Waals surface area contributed by atoms with E-state index >= 15 is 0 Å². The van der Waals surface area contributed by atoms with Crippen LogP contribution in [0.15, 0.2) is 24.0 Å². The van der Waals surface area contributed by atoms with E-state index in [1.165, 1.54) is 17.8 Å². The molecule has 0 radical (unpaired) electrons. The van der Waals surface area contributed by atoms with Gasteiger partial charge in [0.1, 0.15) is 5.76 Å². The fraction of sp³-hybridized carbons (Fsp3) is 0.545. The third kappa shape index (κ3) is 2.64. The van der Waals surface area contributed by atoms with Crippen LogP contribution < -0.4 is 0 Å². The lowest BCUT2D eigenvalue weighted by Gasteiger charge is -2.17. The van der Waals surface area contributed by atoms with Crippen molar-refractivity contribution in [1.29, 1.82) is 0 Å². The van der Waals surface area contributed by atoms with Crippen LogP contribution in [0.2, 0.25) is 0 Å². The fourth-order valence-corrected chi connectivity index (χ4v) is 2.21. The number of carbonyl (C=O) groups excluding carboxylic acids is 1. The second-order valence-corrected chi connectivity index (χ2v) is 5.06. The number of allylic oxidation sites excluding steroid dienone is 1. The zero-order valence-corrected chi connectivity index (χ0v) is 9.43. The molecule has 0 aromatic rings. The summed E-state index contributed by atoms with van der Waals surface area (Å²) in [6.07, 6.45) is 8.58. The maximum absolute atomic E-state index is 11.1. The van der Waals surface area contributed by atoms with Gasteiger partial charge in [0.25, 0.3) is 0 Å². The topological polar surface area (TPSA) is 37.3 Å². The van der Waals surface area contributed by atoms with Gasteiger partial charge >= 0.3 is 0 Å². The molecule has 1 aliphatic heterocycles. The highest BCUT2D eigenvalue weighted by Crippen LogP contribution is 2.39. The number of aliphatic hydroxyl groups excluding tert-OH is 1. The Hall–Kier alpha value is -0.700. The Bertz CT molecular complexity index is 281. The van der Waals surface area contributed by atoms with E-state index in [1.54, 1.807) is 0 Å². The van der Waals surface area contributed by atoms with Crippen LogP contribution in [0.3, 0.4) is 0 Å². The molecule has 0 spiro atoms. The second kappa shape index (κ2) is 4.69. The van der Waals surface area contributed by atoms with E-state index in [0.717, 1.165) is 19.3 Å². The van der Waals surface area contributed by atoms with Crippen molar-refractivity contribution in [2.75, 3.05) is 0 Å². The summed E-state index contributed by atoms with van der Waals surface area (Å²) < 4.78 is -0.523. The first-order valence-electron chi connectivity index (χ1n) is 4.90. The predicted molar refractivity (Wildman–Crippen MR) is 60.4 cm³/mol. The lowest BCUT2D eigenvalue weighted by Crippen LogP contribution is -2.16. The standard InChI is InChI=1S/C11H16O2S/c1-3-4-5-6-7-11(2)9(12)8-10(13)14-11/h6-8,12H,3-5H2,1-2H3/b7-6+/t11-/m1/s1. The molecule has 1 atom stereocenters. The van der Waals surface area contributed by atoms with Gasteiger partial charge in [-0.05, 0) is 13.3 Å². The minimum Gasteiger partial charge on any atom is -0.510 e. The maximum Gasteiger partial charge on any atom is 0.216 e. The molecule has 1 aliphatic rings. The first-order valence-corrected chi connectivity index (χ1v) is 5.72. The van der Waals surface area contributed by atoms with Gasteiger partial charge in [-0.3, -0.25) is 4.79 Å². The van der Waals surface area contributed by atoms with Crippen molar-refractivity contribution in [3.05, 3.63) is 24.0 Å². The molecule has 0 bridgehead atoms. The minimum absolute atomic E-state index is 0.0647. The third-order valence-corrected chi connectivity index (χ3v) is 3.32. The van der Waals surface area contributed by atoms with E-state index in [1.807, 2.05) is 19.1 Å². The highest BCUT2D eigenvalue weighted by molar-refractivity contribution is 8.15. The average Bonchev–Trinajstić information content (AvgIpc) is 2.36. The van der Waals surface area contributed by atoms with Crippen molar-refractivity contribution >= 4 is 16.9 Å². The summed E-state index contributed by atoms with van der Waals surface area (Å²) in [5.41, 5.74) is 0. The van der Waals surface area contributed by atoms with E-state index in [4.69, 9.17) is 0 Å². The highest BCUT2D eigenvalue weighted by Gasteiger charge is 2.35. The number of hydrogen-bond donors (Lipinski definition) is 1. The average molecular weight is 212 g/mol. The van der Waals surface area contributed by atoms with Crippen molar-refractivity contribution in [3.8, 4) is 0 Å². The largest absolute Gasteiger partial charge is 0.510 e. The molecule has 14 heavy (non-hydrogen) atoms. The van der Waals surface area contributed by atoms with Crippen LogP contribution in [0.4, 0.5) is 0 Å². The summed E-state index contributed by atoms with van der Waals surface area (Å²) in [5.74, 6) is 0.167. The molecule has 0 fully saturated rings. The van der Waals surface area contributed by atoms with E-state index < -0.39 is 4.75 Å². The van der Waals surface area contributed by atoms with Crippen LogP contribution in [0.5, 0.6) is 0 Å². The molecular formula is C11H16O2S. The molecule has 0 aliphatic carbocycles. The van der Waals surface area contributed by atoms with Gasteiger partial charge in [0.15, 0.2) is 0 Å². The molecule has 0 aromatic heterocycles. The number of hydrogen-bond acceptors (Lipinski definition) is 3. The number of aliphatic hydroxyl groups is 1. The van der Waals surface area contributed by atoms with Gasteiger partial charge in [-0.25, -0.2) is 0 Å². The highest BCUT2D eigenvalue weighted by atomic mass is 32.2. The zero-order valence-electron chi connectivity index (χ0n) is 8.62. The zero-order chi connectivity index (χ0) is 10.6. The van der Waals surface area contributed by atoms with Gasteiger partial charge in [-0.15, -0.1) is 0 Å². The van der Waals surface area contributed by atoms with Gasteiger partial charge in [0.2, 0.25) is 5.12 Å². The van der Waals surface area contributed by atoms with Gasteiger partial charge in [0, 0.05) is 6.08 Å². The summed E-state index contributed by atoms with van der Waals surface area (Å²) in [5, 5.41) is 9.48. The van der Waals surface area contributed by atoms with Crippen molar-refractivity contribution in [3.63, 3.8) is 0 Å². The Balaban J connectivity index is 2.55. The summed E-state index contributed by atoms with van der Waals surface area (Å²) in [7, 11) is 0. The van der Waals surface area contributed by atoms with Crippen molar-refractivity contribution in [1.82, 2.24) is 0 Å². The monoisotopic (exact) mass is 212 g/mol. The molecule has 0 saturated heterocycles. The molecule has 1 rings (SSSR count). The molecule has 1 heterocycles. The maximum atomic E-state index is 11.1. The first kappa shape index (κ1) is 11.4. The number of carbonyl (C=O) groups is 1. The van der Waals surface area contributed by atoms with Crippen molar-refractivity contribution in [2.45, 2.75) is 37.9 Å². The van der Waals surface area contributed by atoms with Crippen LogP contribution in [0.25, 0.3) is 0 Å². The summed E-state index contributed by atoms with van der Waals surface area (Å²) in [4.78, 5) is 11.1. The molecule has 0 amide bonds. The number of thioether (sulfide) groups is 1. The van der Waals surface area contributed by atoms with E-state index in [0.29, 0.717) is 0 Å².